The van der Waals surface area contributed by atoms with E-state index in [2.05, 4.69) is 35.9 Å². The molecule has 0 aliphatic carbocycles. The molecule has 0 N–H and O–H groups in total. The molecule has 6 heteroatoms. The maximum atomic E-state index is 13.6. The summed E-state index contributed by atoms with van der Waals surface area (Å²) < 4.78 is 13.5. The van der Waals surface area contributed by atoms with Crippen LogP contribution >= 0.6 is 0 Å². The molecule has 42 heavy (non-hydrogen) atoms. The van der Waals surface area contributed by atoms with E-state index in [-0.39, 0.29) is 5.56 Å². The van der Waals surface area contributed by atoms with Gasteiger partial charge in [0.25, 0.3) is 5.56 Å². The lowest BCUT2D eigenvalue weighted by Crippen LogP contribution is -2.20. The zero-order valence-electron chi connectivity index (χ0n) is 23.2. The third-order valence-electron chi connectivity index (χ3n) is 7.10. The van der Waals surface area contributed by atoms with Crippen LogP contribution in [-0.2, 0) is 13.0 Å². The maximum absolute atomic E-state index is 13.6. The lowest BCUT2D eigenvalue weighted by molar-refractivity contribution is 0.283. The predicted octanol–water partition coefficient (Wildman–Crippen LogP) is 7.42. The molecule has 0 spiro atoms. The molecule has 6 rings (SSSR count). The number of hydrogen-bond donors (Lipinski definition) is 0. The number of aromatic nitrogens is 2. The molecule has 0 fully saturated rings. The maximum Gasteiger partial charge on any atom is 0.282 e. The molecular weight excluding hydrogens is 522 g/mol. The van der Waals surface area contributed by atoms with Gasteiger partial charge in [0, 0.05) is 11.1 Å². The minimum atomic E-state index is -0.246. The van der Waals surface area contributed by atoms with Crippen molar-refractivity contribution in [2.45, 2.75) is 13.0 Å². The summed E-state index contributed by atoms with van der Waals surface area (Å²) in [5, 5.41) is 7.44. The largest absolute Gasteiger partial charge is 0.493 e. The van der Waals surface area contributed by atoms with E-state index in [0.717, 1.165) is 33.0 Å². The Hall–Kier alpha value is -5.49. The molecule has 0 amide bonds. The van der Waals surface area contributed by atoms with Crippen molar-refractivity contribution in [2.24, 2.45) is 5.10 Å². The highest BCUT2D eigenvalue weighted by Crippen LogP contribution is 2.34. The van der Waals surface area contributed by atoms with Gasteiger partial charge in [0.1, 0.15) is 6.61 Å². The van der Waals surface area contributed by atoms with Crippen molar-refractivity contribution >= 4 is 27.9 Å². The Balaban J connectivity index is 1.39. The predicted molar refractivity (Wildman–Crippen MR) is 170 cm³/mol. The number of para-hydroxylation sites is 1. The van der Waals surface area contributed by atoms with Crippen LogP contribution in [0.5, 0.6) is 11.5 Å². The van der Waals surface area contributed by atoms with Crippen LogP contribution < -0.4 is 15.0 Å². The van der Waals surface area contributed by atoms with Gasteiger partial charge in [-0.25, -0.2) is 4.98 Å². The Kier molecular flexibility index (Phi) is 7.60. The first-order valence-electron chi connectivity index (χ1n) is 13.7. The van der Waals surface area contributed by atoms with Crippen molar-refractivity contribution in [3.8, 4) is 22.9 Å². The highest BCUT2D eigenvalue weighted by molar-refractivity contribution is 5.86. The normalized spacial score (nSPS) is 11.3. The van der Waals surface area contributed by atoms with Crippen LogP contribution in [0.4, 0.5) is 0 Å². The number of benzene rings is 5. The number of fused-ring (bicyclic) bond motifs is 2. The number of ether oxygens (including phenoxy) is 2. The van der Waals surface area contributed by atoms with Crippen LogP contribution in [0.1, 0.15) is 16.7 Å². The highest BCUT2D eigenvalue weighted by Gasteiger charge is 2.15. The zero-order chi connectivity index (χ0) is 28.9. The fourth-order valence-corrected chi connectivity index (χ4v) is 5.08. The van der Waals surface area contributed by atoms with Gasteiger partial charge in [0.15, 0.2) is 17.3 Å². The molecule has 1 aromatic heterocycles. The van der Waals surface area contributed by atoms with Crippen molar-refractivity contribution < 1.29 is 9.47 Å². The van der Waals surface area contributed by atoms with Gasteiger partial charge >= 0.3 is 0 Å². The van der Waals surface area contributed by atoms with Gasteiger partial charge in [-0.15, -0.1) is 6.58 Å². The Morgan fingerprint density at radius 2 is 1.60 bits per heavy atom. The average Bonchev–Trinajstić information content (AvgIpc) is 3.04. The van der Waals surface area contributed by atoms with Crippen LogP contribution in [0.3, 0.4) is 0 Å². The summed E-state index contributed by atoms with van der Waals surface area (Å²) in [6, 6.07) is 35.2. The fraction of sp³-hybridized carbons (Fsp3) is 0.0833. The summed E-state index contributed by atoms with van der Waals surface area (Å²) in [6.07, 6.45) is 4.04. The lowest BCUT2D eigenvalue weighted by atomic mass is 10.0. The fourth-order valence-electron chi connectivity index (χ4n) is 5.08. The molecular formula is C36H29N3O3. The molecule has 0 unspecified atom stereocenters. The number of nitrogens with zero attached hydrogens (tertiary/aromatic N) is 3. The van der Waals surface area contributed by atoms with Gasteiger partial charge in [0.05, 0.1) is 24.2 Å². The van der Waals surface area contributed by atoms with Crippen molar-refractivity contribution in [3.63, 3.8) is 0 Å². The number of hydrogen-bond acceptors (Lipinski definition) is 5. The van der Waals surface area contributed by atoms with E-state index in [4.69, 9.17) is 14.5 Å². The van der Waals surface area contributed by atoms with E-state index in [9.17, 15) is 4.79 Å². The number of rotatable bonds is 9. The second-order valence-corrected chi connectivity index (χ2v) is 9.81. The smallest absolute Gasteiger partial charge is 0.282 e. The standard InChI is InChI=1S/C36H29N3O3/c1-3-12-28-21-25(22-33(41-2)34(28)42-24-29-17-11-16-26-13-7-8-18-30(26)29)23-37-39-35(27-14-5-4-6-15-27)38-32-20-10-9-19-31(32)36(39)40/h3-11,13-23H,1,12,24H2,2H3. The molecule has 0 radical (unpaired) electrons. The Labute approximate surface area is 243 Å². The Bertz CT molecular complexity index is 1990. The minimum Gasteiger partial charge on any atom is -0.493 e. The molecule has 0 atom stereocenters. The lowest BCUT2D eigenvalue weighted by Gasteiger charge is -2.16. The van der Waals surface area contributed by atoms with Gasteiger partial charge in [0.2, 0.25) is 0 Å². The van der Waals surface area contributed by atoms with Gasteiger partial charge in [-0.1, -0.05) is 91.0 Å². The van der Waals surface area contributed by atoms with E-state index < -0.39 is 0 Å². The summed E-state index contributed by atoms with van der Waals surface area (Å²) in [5.74, 6) is 1.68. The first kappa shape index (κ1) is 26.7. The monoisotopic (exact) mass is 551 g/mol. The molecule has 206 valence electrons. The number of allylic oxidation sites excluding steroid dienone is 1. The third kappa shape index (κ3) is 5.30. The van der Waals surface area contributed by atoms with Crippen LogP contribution in [0.2, 0.25) is 0 Å². The second-order valence-electron chi connectivity index (χ2n) is 9.81. The van der Waals surface area contributed by atoms with Crippen LogP contribution in [0.25, 0.3) is 33.1 Å². The van der Waals surface area contributed by atoms with Gasteiger partial charge < -0.3 is 9.47 Å². The summed E-state index contributed by atoms with van der Waals surface area (Å²) in [7, 11) is 1.62. The molecule has 0 saturated carbocycles. The first-order chi connectivity index (χ1) is 20.7. The number of methoxy groups -OCH3 is 1. The summed E-state index contributed by atoms with van der Waals surface area (Å²) in [4.78, 5) is 18.3. The van der Waals surface area contributed by atoms with Crippen molar-refractivity contribution in [1.82, 2.24) is 9.66 Å². The van der Waals surface area contributed by atoms with E-state index >= 15 is 0 Å². The minimum absolute atomic E-state index is 0.246. The van der Waals surface area contributed by atoms with Gasteiger partial charge in [-0.05, 0) is 52.6 Å². The second kappa shape index (κ2) is 11.9. The first-order valence-corrected chi connectivity index (χ1v) is 13.7. The van der Waals surface area contributed by atoms with Crippen molar-refractivity contribution in [1.29, 1.82) is 0 Å². The van der Waals surface area contributed by atoms with Crippen LogP contribution in [-0.4, -0.2) is 23.0 Å². The molecule has 6 aromatic rings. The van der Waals surface area contributed by atoms with Gasteiger partial charge in [-0.2, -0.15) is 9.78 Å². The molecule has 0 bridgehead atoms. The van der Waals surface area contributed by atoms with E-state index in [0.29, 0.717) is 41.3 Å². The summed E-state index contributed by atoms with van der Waals surface area (Å²) >= 11 is 0. The molecule has 5 aromatic carbocycles. The quantitative estimate of drug-likeness (QED) is 0.139. The van der Waals surface area contributed by atoms with Crippen molar-refractivity contribution in [2.75, 3.05) is 7.11 Å². The van der Waals surface area contributed by atoms with Gasteiger partial charge in [-0.3, -0.25) is 4.79 Å². The van der Waals surface area contributed by atoms with Crippen LogP contribution in [0.15, 0.2) is 132 Å². The average molecular weight is 552 g/mol. The topological polar surface area (TPSA) is 65.7 Å². The van der Waals surface area contributed by atoms with E-state index in [1.807, 2.05) is 84.9 Å². The Morgan fingerprint density at radius 3 is 2.40 bits per heavy atom. The molecule has 0 saturated heterocycles. The third-order valence-corrected chi connectivity index (χ3v) is 7.10. The van der Waals surface area contributed by atoms with Crippen LogP contribution in [0, 0.1) is 0 Å². The Morgan fingerprint density at radius 1 is 0.857 bits per heavy atom. The molecule has 6 nitrogen and oxygen atoms in total. The van der Waals surface area contributed by atoms with Crippen molar-refractivity contribution in [3.05, 3.63) is 149 Å². The SMILES string of the molecule is C=CCc1cc(C=Nn2c(-c3ccccc3)nc3ccccc3c2=O)cc(OC)c1OCc1cccc2ccccc12. The highest BCUT2D eigenvalue weighted by atomic mass is 16.5. The van der Waals surface area contributed by atoms with E-state index in [1.165, 1.54) is 4.68 Å². The molecule has 1 heterocycles. The summed E-state index contributed by atoms with van der Waals surface area (Å²) in [5.41, 5.74) is 3.90. The van der Waals surface area contributed by atoms with E-state index in [1.54, 1.807) is 19.4 Å². The molecule has 0 aliphatic rings. The zero-order valence-corrected chi connectivity index (χ0v) is 23.2. The summed E-state index contributed by atoms with van der Waals surface area (Å²) in [6.45, 7) is 4.32. The molecule has 0 aliphatic heterocycles.